The van der Waals surface area contributed by atoms with Crippen LogP contribution in [0.3, 0.4) is 0 Å². The van der Waals surface area contributed by atoms with Crippen LogP contribution in [-0.4, -0.2) is 52.1 Å². The molecule has 1 aliphatic carbocycles. The van der Waals surface area contributed by atoms with Gasteiger partial charge in [0, 0.05) is 42.4 Å². The van der Waals surface area contributed by atoms with Gasteiger partial charge in [-0.15, -0.1) is 0 Å². The van der Waals surface area contributed by atoms with E-state index >= 15 is 0 Å². The van der Waals surface area contributed by atoms with Crippen molar-refractivity contribution in [2.45, 2.75) is 24.3 Å². The highest BCUT2D eigenvalue weighted by Crippen LogP contribution is 2.58. The van der Waals surface area contributed by atoms with E-state index in [0.29, 0.717) is 29.3 Å². The number of hydrogen-bond acceptors (Lipinski definition) is 7. The summed E-state index contributed by atoms with van der Waals surface area (Å²) in [6, 6.07) is 30.8. The molecule has 0 radical (unpaired) electrons. The number of benzene rings is 4. The predicted octanol–water partition coefficient (Wildman–Crippen LogP) is 6.44. The van der Waals surface area contributed by atoms with E-state index in [1.165, 1.54) is 22.4 Å². The number of aliphatic hydroxyl groups excluding tert-OH is 1. The number of fused-ring (bicyclic) bond motifs is 2. The maximum absolute atomic E-state index is 13.2. The Hall–Kier alpha value is -4.57. The van der Waals surface area contributed by atoms with E-state index in [4.69, 9.17) is 0 Å². The third-order valence-corrected chi connectivity index (χ3v) is 11.3. The topological polar surface area (TPSA) is 100 Å². The molecule has 3 heterocycles. The summed E-state index contributed by atoms with van der Waals surface area (Å²) in [5.41, 5.74) is 6.10. The van der Waals surface area contributed by atoms with Crippen LogP contribution in [0.15, 0.2) is 114 Å². The second kappa shape index (κ2) is 10.8. The van der Waals surface area contributed by atoms with Crippen molar-refractivity contribution >= 4 is 43.3 Å². The summed E-state index contributed by atoms with van der Waals surface area (Å²) in [4.78, 5) is 11.8. The van der Waals surface area contributed by atoms with Gasteiger partial charge in [-0.25, -0.2) is 22.4 Å². The van der Waals surface area contributed by atoms with Crippen molar-refractivity contribution in [3.05, 3.63) is 115 Å². The third-order valence-electron chi connectivity index (χ3n) is 9.59. The zero-order chi connectivity index (χ0) is 30.6. The molecule has 8 rings (SSSR count). The highest BCUT2D eigenvalue weighted by Gasteiger charge is 2.56. The fourth-order valence-electron chi connectivity index (χ4n) is 6.95. The molecule has 9 heteroatoms. The Morgan fingerprint density at radius 3 is 2.53 bits per heavy atom. The van der Waals surface area contributed by atoms with E-state index < -0.39 is 10.0 Å². The quantitative estimate of drug-likeness (QED) is 0.203. The molecule has 1 saturated heterocycles. The van der Waals surface area contributed by atoms with Crippen LogP contribution in [-0.2, 0) is 16.6 Å². The van der Waals surface area contributed by atoms with Crippen molar-refractivity contribution in [1.82, 2.24) is 18.8 Å². The van der Waals surface area contributed by atoms with Crippen molar-refractivity contribution in [1.29, 1.82) is 0 Å². The van der Waals surface area contributed by atoms with E-state index in [1.807, 2.05) is 24.3 Å². The molecule has 226 valence electrons. The normalized spacial score (nSPS) is 19.9. The summed E-state index contributed by atoms with van der Waals surface area (Å²) in [5.74, 6) is 1.17. The smallest absolute Gasteiger partial charge is 0.268 e. The van der Waals surface area contributed by atoms with Crippen molar-refractivity contribution in [2.24, 2.45) is 11.3 Å². The number of aliphatic hydroxyl groups is 1. The zero-order valence-electron chi connectivity index (χ0n) is 24.7. The lowest BCUT2D eigenvalue weighted by Gasteiger charge is -2.16. The molecule has 6 aromatic rings. The molecule has 2 aliphatic rings. The Bertz CT molecular complexity index is 2150. The first-order chi connectivity index (χ1) is 21.9. The minimum absolute atomic E-state index is 0.248. The van der Waals surface area contributed by atoms with Gasteiger partial charge in [-0.2, -0.15) is 0 Å². The maximum atomic E-state index is 13.2. The minimum atomic E-state index is -3.70. The van der Waals surface area contributed by atoms with Crippen molar-refractivity contribution < 1.29 is 13.5 Å². The van der Waals surface area contributed by atoms with Crippen LogP contribution < -0.4 is 5.32 Å². The lowest BCUT2D eigenvalue weighted by atomic mass is 10.0. The van der Waals surface area contributed by atoms with Gasteiger partial charge in [0.1, 0.15) is 12.1 Å². The van der Waals surface area contributed by atoms with E-state index in [1.54, 1.807) is 48.9 Å². The van der Waals surface area contributed by atoms with Crippen molar-refractivity contribution in [2.75, 3.05) is 25.0 Å². The summed E-state index contributed by atoms with van der Waals surface area (Å²) < 4.78 is 27.8. The number of aromatic nitrogens is 3. The SMILES string of the molecule is O=S(=O)(c1ccccc1)n1ccc2cc(Nc3ncnc4ccc(-c5ccc(CN6CCC7(CC7CO)C6)cc5)cc34)ccc21. The molecular weight excluding hydrogens is 582 g/mol. The van der Waals surface area contributed by atoms with Crippen LogP contribution in [0.5, 0.6) is 0 Å². The van der Waals surface area contributed by atoms with Crippen LogP contribution in [0.4, 0.5) is 11.5 Å². The highest BCUT2D eigenvalue weighted by molar-refractivity contribution is 7.90. The monoisotopic (exact) mass is 615 g/mol. The Kier molecular flexibility index (Phi) is 6.71. The average molecular weight is 616 g/mol. The molecule has 45 heavy (non-hydrogen) atoms. The Labute approximate surface area is 262 Å². The first-order valence-electron chi connectivity index (χ1n) is 15.3. The molecule has 0 bridgehead atoms. The summed E-state index contributed by atoms with van der Waals surface area (Å²) >= 11 is 0. The summed E-state index contributed by atoms with van der Waals surface area (Å²) in [5, 5.41) is 14.7. The van der Waals surface area contributed by atoms with Gasteiger partial charge in [0.15, 0.2) is 0 Å². The van der Waals surface area contributed by atoms with Crippen LogP contribution >= 0.6 is 0 Å². The molecule has 2 unspecified atom stereocenters. The van der Waals surface area contributed by atoms with Gasteiger partial charge in [0.25, 0.3) is 10.0 Å². The van der Waals surface area contributed by atoms with E-state index in [2.05, 4.69) is 56.6 Å². The summed E-state index contributed by atoms with van der Waals surface area (Å²) in [7, 11) is -3.70. The lowest BCUT2D eigenvalue weighted by Crippen LogP contribution is -2.21. The van der Waals surface area contributed by atoms with Gasteiger partial charge >= 0.3 is 0 Å². The van der Waals surface area contributed by atoms with Gasteiger partial charge in [-0.1, -0.05) is 48.5 Å². The molecule has 2 N–H and O–H groups in total. The van der Waals surface area contributed by atoms with Gasteiger partial charge in [-0.3, -0.25) is 4.90 Å². The number of rotatable bonds is 8. The van der Waals surface area contributed by atoms with E-state index in [-0.39, 0.29) is 4.90 Å². The molecule has 1 aliphatic heterocycles. The molecule has 4 aromatic carbocycles. The van der Waals surface area contributed by atoms with Crippen LogP contribution in [0.2, 0.25) is 0 Å². The summed E-state index contributed by atoms with van der Waals surface area (Å²) in [6.45, 7) is 3.45. The maximum Gasteiger partial charge on any atom is 0.268 e. The number of nitrogens with zero attached hydrogens (tertiary/aromatic N) is 4. The van der Waals surface area contributed by atoms with E-state index in [0.717, 1.165) is 52.7 Å². The lowest BCUT2D eigenvalue weighted by molar-refractivity contribution is 0.242. The molecule has 2 atom stereocenters. The van der Waals surface area contributed by atoms with Gasteiger partial charge in [0.2, 0.25) is 0 Å². The largest absolute Gasteiger partial charge is 0.396 e. The fraction of sp³-hybridized carbons (Fsp3) is 0.222. The van der Waals surface area contributed by atoms with Crippen molar-refractivity contribution in [3.8, 4) is 11.1 Å². The van der Waals surface area contributed by atoms with Gasteiger partial charge < -0.3 is 10.4 Å². The van der Waals surface area contributed by atoms with Crippen LogP contribution in [0.1, 0.15) is 18.4 Å². The number of likely N-dealkylation sites (tertiary alicyclic amines) is 1. The van der Waals surface area contributed by atoms with Crippen LogP contribution in [0, 0.1) is 11.3 Å². The Morgan fingerprint density at radius 2 is 1.73 bits per heavy atom. The number of anilines is 2. The molecule has 8 nitrogen and oxygen atoms in total. The fourth-order valence-corrected chi connectivity index (χ4v) is 8.33. The average Bonchev–Trinajstić information content (AvgIpc) is 3.35. The number of nitrogens with one attached hydrogen (secondary N) is 1. The Balaban J connectivity index is 1.02. The first kappa shape index (κ1) is 27.9. The van der Waals surface area contributed by atoms with Crippen molar-refractivity contribution in [3.63, 3.8) is 0 Å². The summed E-state index contributed by atoms with van der Waals surface area (Å²) in [6.07, 6.45) is 5.51. The predicted molar refractivity (Wildman–Crippen MR) is 177 cm³/mol. The third kappa shape index (κ3) is 5.07. The van der Waals surface area contributed by atoms with Crippen LogP contribution in [0.25, 0.3) is 32.9 Å². The van der Waals surface area contributed by atoms with Gasteiger partial charge in [-0.05, 0) is 95.9 Å². The second-order valence-electron chi connectivity index (χ2n) is 12.4. The molecule has 1 spiro atoms. The molecule has 0 amide bonds. The molecule has 2 aromatic heterocycles. The van der Waals surface area contributed by atoms with Gasteiger partial charge in [0.05, 0.1) is 15.9 Å². The molecular formula is C36H33N5O3S. The number of hydrogen-bond donors (Lipinski definition) is 2. The molecule has 2 fully saturated rings. The zero-order valence-corrected chi connectivity index (χ0v) is 25.5. The highest BCUT2D eigenvalue weighted by atomic mass is 32.2. The standard InChI is InChI=1S/C36H33N5O3S/c42-22-29-20-36(29)15-17-40(23-36)21-25-6-8-26(9-7-25)27-10-12-33-32(19-27)35(38-24-37-33)39-30-11-13-34-28(18-30)14-16-41(34)45(43,44)31-4-2-1-3-5-31/h1-14,16,18-19,24,29,42H,15,17,20-23H2,(H,37,38,39). The van der Waals surface area contributed by atoms with E-state index in [9.17, 15) is 13.5 Å². The minimum Gasteiger partial charge on any atom is -0.396 e. The molecule has 1 saturated carbocycles. The first-order valence-corrected chi connectivity index (χ1v) is 16.7. The Morgan fingerprint density at radius 1 is 0.911 bits per heavy atom. The second-order valence-corrected chi connectivity index (χ2v) is 14.2.